The number of hydrogen-bond donors (Lipinski definition) is 0. The topological polar surface area (TPSA) is 17.1 Å². The van der Waals surface area contributed by atoms with Gasteiger partial charge in [0, 0.05) is 15.3 Å². The van der Waals surface area contributed by atoms with Gasteiger partial charge < -0.3 is 0 Å². The van der Waals surface area contributed by atoms with Gasteiger partial charge in [-0.15, -0.1) is 11.3 Å². The summed E-state index contributed by atoms with van der Waals surface area (Å²) in [6.07, 6.45) is 0.992. The van der Waals surface area contributed by atoms with Gasteiger partial charge in [0.2, 0.25) is 0 Å². The first-order valence-electron chi connectivity index (χ1n) is 6.02. The number of aryl methyl sites for hydroxylation is 1. The lowest BCUT2D eigenvalue weighted by Gasteiger charge is -1.99. The SMILES string of the molecule is Cc1cc(Br)c(C(=O)C2CC2c2ccccc2)s1. The van der Waals surface area contributed by atoms with Crippen molar-refractivity contribution < 1.29 is 4.79 Å². The molecule has 0 amide bonds. The molecule has 92 valence electrons. The minimum atomic E-state index is 0.182. The van der Waals surface area contributed by atoms with Gasteiger partial charge >= 0.3 is 0 Å². The van der Waals surface area contributed by atoms with Crippen molar-refractivity contribution in [2.45, 2.75) is 19.3 Å². The Morgan fingerprint density at radius 2 is 2.06 bits per heavy atom. The lowest BCUT2D eigenvalue weighted by atomic mass is 10.1. The Hall–Kier alpha value is -0.930. The van der Waals surface area contributed by atoms with Crippen LogP contribution in [0.5, 0.6) is 0 Å². The molecule has 2 aromatic rings. The van der Waals surface area contributed by atoms with Crippen LogP contribution in [-0.4, -0.2) is 5.78 Å². The summed E-state index contributed by atoms with van der Waals surface area (Å²) in [5.74, 6) is 0.906. The van der Waals surface area contributed by atoms with Gasteiger partial charge in [-0.1, -0.05) is 30.3 Å². The highest BCUT2D eigenvalue weighted by Crippen LogP contribution is 2.50. The molecule has 1 nitrogen and oxygen atoms in total. The highest BCUT2D eigenvalue weighted by Gasteiger charge is 2.44. The van der Waals surface area contributed by atoms with Crippen molar-refractivity contribution in [3.05, 3.63) is 56.2 Å². The normalized spacial score (nSPS) is 21.9. The maximum Gasteiger partial charge on any atom is 0.177 e. The van der Waals surface area contributed by atoms with E-state index in [0.717, 1.165) is 15.8 Å². The van der Waals surface area contributed by atoms with E-state index in [4.69, 9.17) is 0 Å². The zero-order valence-corrected chi connectivity index (χ0v) is 12.4. The van der Waals surface area contributed by atoms with Gasteiger partial charge in [0.05, 0.1) is 4.88 Å². The van der Waals surface area contributed by atoms with Crippen molar-refractivity contribution in [1.29, 1.82) is 0 Å². The number of benzene rings is 1. The number of carbonyl (C=O) groups is 1. The Morgan fingerprint density at radius 3 is 2.67 bits per heavy atom. The van der Waals surface area contributed by atoms with E-state index in [1.54, 1.807) is 11.3 Å². The van der Waals surface area contributed by atoms with E-state index in [1.165, 1.54) is 10.4 Å². The molecule has 0 N–H and O–H groups in total. The molecule has 3 heteroatoms. The molecule has 2 atom stereocenters. The van der Waals surface area contributed by atoms with Crippen LogP contribution >= 0.6 is 27.3 Å². The largest absolute Gasteiger partial charge is 0.293 e. The molecule has 1 aromatic heterocycles. The van der Waals surface area contributed by atoms with E-state index in [9.17, 15) is 4.79 Å². The van der Waals surface area contributed by atoms with Gasteiger partial charge in [0.1, 0.15) is 0 Å². The molecule has 18 heavy (non-hydrogen) atoms. The number of halogens is 1. The number of carbonyl (C=O) groups excluding carboxylic acids is 1. The molecule has 1 saturated carbocycles. The second kappa shape index (κ2) is 4.63. The van der Waals surface area contributed by atoms with Crippen molar-refractivity contribution in [3.8, 4) is 0 Å². The Labute approximate surface area is 119 Å². The van der Waals surface area contributed by atoms with Gasteiger partial charge in [-0.25, -0.2) is 0 Å². The second-order valence-corrected chi connectivity index (χ2v) is 6.87. The summed E-state index contributed by atoms with van der Waals surface area (Å²) >= 11 is 5.07. The van der Waals surface area contributed by atoms with Crippen molar-refractivity contribution in [2.75, 3.05) is 0 Å². The first-order chi connectivity index (χ1) is 8.66. The molecule has 1 fully saturated rings. The maximum absolute atomic E-state index is 12.4. The zero-order valence-electron chi connectivity index (χ0n) is 10.0. The van der Waals surface area contributed by atoms with Crippen LogP contribution < -0.4 is 0 Å². The molecule has 3 rings (SSSR count). The highest BCUT2D eigenvalue weighted by molar-refractivity contribution is 9.10. The minimum absolute atomic E-state index is 0.182. The molecular weight excluding hydrogens is 308 g/mol. The van der Waals surface area contributed by atoms with Crippen LogP contribution in [0.1, 0.15) is 32.5 Å². The molecule has 1 aliphatic rings. The summed E-state index contributed by atoms with van der Waals surface area (Å²) < 4.78 is 0.953. The van der Waals surface area contributed by atoms with Gasteiger partial charge in [0.25, 0.3) is 0 Å². The average molecular weight is 321 g/mol. The summed E-state index contributed by atoms with van der Waals surface area (Å²) in [5, 5.41) is 0. The molecule has 0 aliphatic heterocycles. The fourth-order valence-corrected chi connectivity index (χ4v) is 4.21. The molecule has 0 bridgehead atoms. The molecule has 0 radical (unpaired) electrons. The lowest BCUT2D eigenvalue weighted by Crippen LogP contribution is -2.01. The van der Waals surface area contributed by atoms with Crippen LogP contribution in [0.2, 0.25) is 0 Å². The van der Waals surface area contributed by atoms with Crippen molar-refractivity contribution in [2.24, 2.45) is 5.92 Å². The first kappa shape index (κ1) is 12.1. The number of rotatable bonds is 3. The van der Waals surface area contributed by atoms with E-state index in [-0.39, 0.29) is 5.92 Å². The standard InChI is InChI=1S/C15H13BrOS/c1-9-7-13(16)15(18-9)14(17)12-8-11(12)10-5-3-2-4-6-10/h2-7,11-12H,8H2,1H3. The van der Waals surface area contributed by atoms with E-state index in [2.05, 4.69) is 28.1 Å². The lowest BCUT2D eigenvalue weighted by molar-refractivity contribution is 0.0968. The molecule has 2 unspecified atom stereocenters. The third-order valence-electron chi connectivity index (χ3n) is 3.39. The molecular formula is C15H13BrOS. The van der Waals surface area contributed by atoms with Gasteiger partial charge in [-0.2, -0.15) is 0 Å². The van der Waals surface area contributed by atoms with Crippen LogP contribution in [0.4, 0.5) is 0 Å². The Balaban J connectivity index is 1.79. The van der Waals surface area contributed by atoms with Gasteiger partial charge in [-0.3, -0.25) is 4.79 Å². The quantitative estimate of drug-likeness (QED) is 0.742. The van der Waals surface area contributed by atoms with Gasteiger partial charge in [0.15, 0.2) is 5.78 Å². The average Bonchev–Trinajstić information content (AvgIpc) is 3.10. The third-order valence-corrected chi connectivity index (χ3v) is 5.34. The monoisotopic (exact) mass is 320 g/mol. The fraction of sp³-hybridized carbons (Fsp3) is 0.267. The van der Waals surface area contributed by atoms with Crippen LogP contribution in [0.25, 0.3) is 0 Å². The number of ketones is 1. The molecule has 0 saturated heterocycles. The van der Waals surface area contributed by atoms with E-state index in [0.29, 0.717) is 11.7 Å². The number of Topliss-reactive ketones (excluding diaryl/α,β-unsaturated/α-hetero) is 1. The van der Waals surface area contributed by atoms with Crippen molar-refractivity contribution >= 4 is 33.0 Å². The Bertz CT molecular complexity index is 588. The minimum Gasteiger partial charge on any atom is -0.293 e. The number of thiophene rings is 1. The summed E-state index contributed by atoms with van der Waals surface area (Å²) in [6.45, 7) is 2.04. The number of hydrogen-bond acceptors (Lipinski definition) is 2. The first-order valence-corrected chi connectivity index (χ1v) is 7.63. The van der Waals surface area contributed by atoms with E-state index >= 15 is 0 Å². The Morgan fingerprint density at radius 1 is 1.33 bits per heavy atom. The highest BCUT2D eigenvalue weighted by atomic mass is 79.9. The third kappa shape index (κ3) is 2.17. The summed E-state index contributed by atoms with van der Waals surface area (Å²) in [7, 11) is 0. The van der Waals surface area contributed by atoms with Crippen LogP contribution in [0, 0.1) is 12.8 Å². The second-order valence-electron chi connectivity index (χ2n) is 4.76. The van der Waals surface area contributed by atoms with Crippen LogP contribution in [0.3, 0.4) is 0 Å². The fourth-order valence-electron chi connectivity index (χ4n) is 2.37. The summed E-state index contributed by atoms with van der Waals surface area (Å²) in [6, 6.07) is 12.4. The summed E-state index contributed by atoms with van der Waals surface area (Å²) in [4.78, 5) is 14.5. The van der Waals surface area contributed by atoms with Crippen LogP contribution in [0.15, 0.2) is 40.9 Å². The Kier molecular flexibility index (Phi) is 3.12. The van der Waals surface area contributed by atoms with Crippen molar-refractivity contribution in [3.63, 3.8) is 0 Å². The maximum atomic E-state index is 12.4. The zero-order chi connectivity index (χ0) is 12.7. The van der Waals surface area contributed by atoms with E-state index in [1.807, 2.05) is 31.2 Å². The molecule has 1 aliphatic carbocycles. The molecule has 1 heterocycles. The van der Waals surface area contributed by atoms with Gasteiger partial charge in [-0.05, 0) is 46.8 Å². The van der Waals surface area contributed by atoms with E-state index < -0.39 is 0 Å². The predicted molar refractivity (Wildman–Crippen MR) is 78.4 cm³/mol. The summed E-state index contributed by atoms with van der Waals surface area (Å²) in [5.41, 5.74) is 1.29. The van der Waals surface area contributed by atoms with Crippen LogP contribution in [-0.2, 0) is 0 Å². The smallest absolute Gasteiger partial charge is 0.177 e. The molecule has 0 spiro atoms. The molecule has 1 aromatic carbocycles. The predicted octanol–water partition coefficient (Wildman–Crippen LogP) is 4.81. The van der Waals surface area contributed by atoms with Crippen molar-refractivity contribution in [1.82, 2.24) is 0 Å².